The van der Waals surface area contributed by atoms with Crippen LogP contribution in [0.15, 0.2) is 34.8 Å². The fourth-order valence-electron chi connectivity index (χ4n) is 1.66. The van der Waals surface area contributed by atoms with Crippen LogP contribution in [-0.2, 0) is 4.74 Å². The Morgan fingerprint density at radius 3 is 2.65 bits per heavy atom. The summed E-state index contributed by atoms with van der Waals surface area (Å²) < 4.78 is 6.04. The second kappa shape index (κ2) is 7.21. The van der Waals surface area contributed by atoms with Gasteiger partial charge in [0.1, 0.15) is 5.82 Å². The van der Waals surface area contributed by atoms with Gasteiger partial charge in [-0.3, -0.25) is 0 Å². The van der Waals surface area contributed by atoms with Gasteiger partial charge in [-0.05, 0) is 31.2 Å². The quantitative estimate of drug-likeness (QED) is 0.792. The van der Waals surface area contributed by atoms with E-state index in [0.717, 1.165) is 21.7 Å². The molecule has 1 aromatic heterocycles. The molecule has 0 radical (unpaired) electrons. The summed E-state index contributed by atoms with van der Waals surface area (Å²) >= 11 is 3.41. The van der Waals surface area contributed by atoms with Crippen molar-refractivity contribution in [1.82, 2.24) is 9.97 Å². The Kier molecular flexibility index (Phi) is 5.31. The molecule has 0 saturated heterocycles. The number of ether oxygens (including phenoxy) is 1. The number of aromatic nitrogens is 2. The number of methoxy groups -OCH3 is 1. The van der Waals surface area contributed by atoms with Crippen LogP contribution in [0.3, 0.4) is 0 Å². The van der Waals surface area contributed by atoms with Crippen molar-refractivity contribution >= 4 is 33.4 Å². The van der Waals surface area contributed by atoms with Crippen molar-refractivity contribution < 1.29 is 4.74 Å². The number of halogens is 1. The van der Waals surface area contributed by atoms with Crippen molar-refractivity contribution in [2.45, 2.75) is 6.92 Å². The smallest absolute Gasteiger partial charge is 0.224 e. The van der Waals surface area contributed by atoms with Crippen LogP contribution in [0.2, 0.25) is 0 Å². The molecular weight excluding hydrogens is 320 g/mol. The van der Waals surface area contributed by atoms with Gasteiger partial charge >= 0.3 is 0 Å². The van der Waals surface area contributed by atoms with E-state index in [-0.39, 0.29) is 0 Å². The molecule has 0 atom stereocenters. The van der Waals surface area contributed by atoms with Crippen molar-refractivity contribution in [1.29, 1.82) is 0 Å². The van der Waals surface area contributed by atoms with Crippen molar-refractivity contribution in [2.24, 2.45) is 0 Å². The third-order valence-electron chi connectivity index (χ3n) is 2.56. The Hall–Kier alpha value is -1.66. The summed E-state index contributed by atoms with van der Waals surface area (Å²) in [6.45, 7) is 3.24. The van der Waals surface area contributed by atoms with Crippen LogP contribution in [0.25, 0.3) is 0 Å². The van der Waals surface area contributed by atoms with Gasteiger partial charge in [-0.25, -0.2) is 4.98 Å². The normalized spacial score (nSPS) is 10.3. The summed E-state index contributed by atoms with van der Waals surface area (Å²) in [5.41, 5.74) is 1.88. The first-order valence-corrected chi connectivity index (χ1v) is 7.08. The van der Waals surface area contributed by atoms with E-state index in [1.54, 1.807) is 7.11 Å². The van der Waals surface area contributed by atoms with Crippen LogP contribution in [-0.4, -0.2) is 30.2 Å². The monoisotopic (exact) mass is 336 g/mol. The highest BCUT2D eigenvalue weighted by Gasteiger charge is 2.02. The number of nitrogens with one attached hydrogen (secondary N) is 2. The first-order valence-electron chi connectivity index (χ1n) is 6.28. The largest absolute Gasteiger partial charge is 0.383 e. The molecule has 2 rings (SSSR count). The number of aryl methyl sites for hydroxylation is 1. The summed E-state index contributed by atoms with van der Waals surface area (Å²) in [4.78, 5) is 8.76. The molecule has 1 aromatic carbocycles. The Morgan fingerprint density at radius 1 is 1.20 bits per heavy atom. The number of hydrogen-bond acceptors (Lipinski definition) is 5. The van der Waals surface area contributed by atoms with Gasteiger partial charge in [0, 0.05) is 35.6 Å². The second-order valence-corrected chi connectivity index (χ2v) is 5.19. The molecule has 0 bridgehead atoms. The zero-order chi connectivity index (χ0) is 14.4. The lowest BCUT2D eigenvalue weighted by atomic mass is 10.3. The third-order valence-corrected chi connectivity index (χ3v) is 3.09. The zero-order valence-corrected chi connectivity index (χ0v) is 13.1. The molecule has 0 aliphatic rings. The van der Waals surface area contributed by atoms with Crippen LogP contribution in [0, 0.1) is 6.92 Å². The highest BCUT2D eigenvalue weighted by atomic mass is 79.9. The molecule has 1 heterocycles. The number of nitrogens with zero attached hydrogens (tertiary/aromatic N) is 2. The minimum absolute atomic E-state index is 0.599. The van der Waals surface area contributed by atoms with Crippen LogP contribution >= 0.6 is 15.9 Å². The number of rotatable bonds is 6. The first-order chi connectivity index (χ1) is 9.67. The Labute approximate surface area is 126 Å². The topological polar surface area (TPSA) is 59.1 Å². The van der Waals surface area contributed by atoms with Gasteiger partial charge in [0.25, 0.3) is 0 Å². The van der Waals surface area contributed by atoms with Gasteiger partial charge in [-0.1, -0.05) is 15.9 Å². The molecule has 0 aliphatic carbocycles. The van der Waals surface area contributed by atoms with E-state index in [9.17, 15) is 0 Å². The highest BCUT2D eigenvalue weighted by molar-refractivity contribution is 9.10. The summed E-state index contributed by atoms with van der Waals surface area (Å²) in [6, 6.07) is 9.84. The molecule has 0 aliphatic heterocycles. The maximum atomic E-state index is 4.99. The summed E-state index contributed by atoms with van der Waals surface area (Å²) in [5.74, 6) is 1.36. The molecule has 6 heteroatoms. The maximum absolute atomic E-state index is 4.99. The zero-order valence-electron chi connectivity index (χ0n) is 11.5. The standard InChI is InChI=1S/C14H17BrN4O/c1-10-9-13(18-12-5-3-11(15)4-6-12)19-14(17-10)16-7-8-20-2/h3-6,9H,7-8H2,1-2H3,(H2,16,17,18,19). The molecule has 2 aromatic rings. The van der Waals surface area contributed by atoms with E-state index in [1.807, 2.05) is 37.3 Å². The van der Waals surface area contributed by atoms with Gasteiger partial charge < -0.3 is 15.4 Å². The van der Waals surface area contributed by atoms with Crippen LogP contribution in [0.5, 0.6) is 0 Å². The fourth-order valence-corrected chi connectivity index (χ4v) is 1.92. The molecule has 0 amide bonds. The molecule has 0 spiro atoms. The van der Waals surface area contributed by atoms with Gasteiger partial charge in [0.2, 0.25) is 5.95 Å². The van der Waals surface area contributed by atoms with E-state index in [1.165, 1.54) is 0 Å². The van der Waals surface area contributed by atoms with Gasteiger partial charge in [-0.2, -0.15) is 4.98 Å². The average molecular weight is 337 g/mol. The van der Waals surface area contributed by atoms with Crippen molar-refractivity contribution in [3.8, 4) is 0 Å². The molecule has 2 N–H and O–H groups in total. The van der Waals surface area contributed by atoms with E-state index in [4.69, 9.17) is 4.74 Å². The number of anilines is 3. The van der Waals surface area contributed by atoms with Gasteiger partial charge in [0.05, 0.1) is 6.61 Å². The highest BCUT2D eigenvalue weighted by Crippen LogP contribution is 2.19. The molecule has 0 fully saturated rings. The Balaban J connectivity index is 2.09. The van der Waals surface area contributed by atoms with Crippen LogP contribution in [0.4, 0.5) is 17.5 Å². The van der Waals surface area contributed by atoms with Crippen molar-refractivity contribution in [3.63, 3.8) is 0 Å². The Bertz CT molecular complexity index is 560. The van der Waals surface area contributed by atoms with E-state index >= 15 is 0 Å². The SMILES string of the molecule is COCCNc1nc(C)cc(Nc2ccc(Br)cc2)n1. The summed E-state index contributed by atoms with van der Waals surface area (Å²) in [7, 11) is 1.67. The molecule has 106 valence electrons. The van der Waals surface area contributed by atoms with Crippen molar-refractivity contribution in [3.05, 3.63) is 40.5 Å². The maximum Gasteiger partial charge on any atom is 0.224 e. The van der Waals surface area contributed by atoms with Gasteiger partial charge in [0.15, 0.2) is 0 Å². The minimum atomic E-state index is 0.599. The summed E-state index contributed by atoms with van der Waals surface area (Å²) in [6.07, 6.45) is 0. The minimum Gasteiger partial charge on any atom is -0.383 e. The average Bonchev–Trinajstić information content (AvgIpc) is 2.41. The molecule has 20 heavy (non-hydrogen) atoms. The molecule has 0 unspecified atom stereocenters. The van der Waals surface area contributed by atoms with E-state index in [0.29, 0.717) is 19.1 Å². The molecular formula is C14H17BrN4O. The van der Waals surface area contributed by atoms with E-state index in [2.05, 4.69) is 36.5 Å². The summed E-state index contributed by atoms with van der Waals surface area (Å²) in [5, 5.41) is 6.39. The first kappa shape index (κ1) is 14.7. The van der Waals surface area contributed by atoms with Gasteiger partial charge in [-0.15, -0.1) is 0 Å². The predicted octanol–water partition coefficient (Wildman–Crippen LogP) is 3.35. The predicted molar refractivity (Wildman–Crippen MR) is 84.6 cm³/mol. The Morgan fingerprint density at radius 2 is 1.95 bits per heavy atom. The number of benzene rings is 1. The van der Waals surface area contributed by atoms with E-state index < -0.39 is 0 Å². The lowest BCUT2D eigenvalue weighted by Crippen LogP contribution is -2.11. The lowest BCUT2D eigenvalue weighted by molar-refractivity contribution is 0.210. The number of hydrogen-bond donors (Lipinski definition) is 2. The second-order valence-electron chi connectivity index (χ2n) is 4.27. The van der Waals surface area contributed by atoms with Crippen LogP contribution in [0.1, 0.15) is 5.69 Å². The van der Waals surface area contributed by atoms with Crippen molar-refractivity contribution in [2.75, 3.05) is 30.9 Å². The fraction of sp³-hybridized carbons (Fsp3) is 0.286. The lowest BCUT2D eigenvalue weighted by Gasteiger charge is -2.09. The third kappa shape index (κ3) is 4.47. The van der Waals surface area contributed by atoms with Crippen LogP contribution < -0.4 is 10.6 Å². The molecule has 5 nitrogen and oxygen atoms in total. The molecule has 0 saturated carbocycles.